The number of rotatable bonds is 4. The van der Waals surface area contributed by atoms with Crippen molar-refractivity contribution in [2.24, 2.45) is 0 Å². The predicted molar refractivity (Wildman–Crippen MR) is 71.4 cm³/mol. The highest BCUT2D eigenvalue weighted by Gasteiger charge is 2.16. The van der Waals surface area contributed by atoms with E-state index in [2.05, 4.69) is 10.4 Å². The molecule has 19 heavy (non-hydrogen) atoms. The van der Waals surface area contributed by atoms with E-state index >= 15 is 0 Å². The molecule has 0 aliphatic heterocycles. The van der Waals surface area contributed by atoms with Gasteiger partial charge in [0.25, 0.3) is 0 Å². The molecule has 0 fully saturated rings. The van der Waals surface area contributed by atoms with Crippen molar-refractivity contribution in [1.29, 1.82) is 5.26 Å². The Kier molecular flexibility index (Phi) is 3.66. The van der Waals surface area contributed by atoms with Gasteiger partial charge in [-0.3, -0.25) is 0 Å². The van der Waals surface area contributed by atoms with Gasteiger partial charge in [-0.25, -0.2) is 9.07 Å². The van der Waals surface area contributed by atoms with E-state index in [0.717, 1.165) is 6.42 Å². The lowest BCUT2D eigenvalue weighted by Crippen LogP contribution is -2.03. The summed E-state index contributed by atoms with van der Waals surface area (Å²) in [6.45, 7) is 2.69. The number of benzene rings is 1. The topological polar surface area (TPSA) is 79.7 Å². The Labute approximate surface area is 110 Å². The number of nitrogen functional groups attached to an aromatic ring is 1. The van der Waals surface area contributed by atoms with E-state index in [1.54, 1.807) is 12.1 Å². The van der Waals surface area contributed by atoms with E-state index in [1.165, 1.54) is 16.8 Å². The Morgan fingerprint density at radius 3 is 2.95 bits per heavy atom. The molecule has 0 amide bonds. The fraction of sp³-hybridized carbons (Fsp3) is 0.231. The summed E-state index contributed by atoms with van der Waals surface area (Å²) in [5, 5.41) is 16.4. The molecule has 0 spiro atoms. The minimum Gasteiger partial charge on any atom is -0.382 e. The Bertz CT molecular complexity index is 626. The normalized spacial score (nSPS) is 10.2. The van der Waals surface area contributed by atoms with Gasteiger partial charge in [0.15, 0.2) is 5.82 Å². The number of nitrogens with two attached hydrogens (primary N) is 1. The van der Waals surface area contributed by atoms with Gasteiger partial charge in [-0.1, -0.05) is 13.0 Å². The number of nitrogens with one attached hydrogen (secondary N) is 1. The number of nitriles is 1. The number of anilines is 2. The molecule has 0 atom stereocenters. The molecule has 0 unspecified atom stereocenters. The van der Waals surface area contributed by atoms with Gasteiger partial charge in [0, 0.05) is 6.54 Å². The first-order chi connectivity index (χ1) is 9.17. The zero-order valence-electron chi connectivity index (χ0n) is 10.5. The Morgan fingerprint density at radius 1 is 1.53 bits per heavy atom. The van der Waals surface area contributed by atoms with Crippen LogP contribution in [-0.4, -0.2) is 16.3 Å². The minimum atomic E-state index is -0.381. The third kappa shape index (κ3) is 2.50. The summed E-state index contributed by atoms with van der Waals surface area (Å²) >= 11 is 0. The molecule has 2 aromatic rings. The molecule has 2 rings (SSSR count). The van der Waals surface area contributed by atoms with Crippen LogP contribution in [0.2, 0.25) is 0 Å². The van der Waals surface area contributed by atoms with Gasteiger partial charge in [0.2, 0.25) is 0 Å². The number of hydrogen-bond donors (Lipinski definition) is 2. The van der Waals surface area contributed by atoms with E-state index in [-0.39, 0.29) is 17.2 Å². The number of nitrogens with zero attached hydrogens (tertiary/aromatic N) is 3. The Balaban J connectivity index is 2.47. The Hall–Kier alpha value is -2.55. The molecule has 6 heteroatoms. The fourth-order valence-electron chi connectivity index (χ4n) is 1.71. The molecular weight excluding hydrogens is 245 g/mol. The Morgan fingerprint density at radius 2 is 2.32 bits per heavy atom. The second-order valence-corrected chi connectivity index (χ2v) is 4.04. The number of aromatic nitrogens is 2. The van der Waals surface area contributed by atoms with Gasteiger partial charge in [-0.05, 0) is 24.6 Å². The lowest BCUT2D eigenvalue weighted by molar-refractivity contribution is 0.625. The van der Waals surface area contributed by atoms with Crippen LogP contribution in [0.1, 0.15) is 18.9 Å². The molecule has 0 bridgehead atoms. The van der Waals surface area contributed by atoms with Gasteiger partial charge in [-0.2, -0.15) is 5.26 Å². The largest absolute Gasteiger partial charge is 0.382 e. The number of halogens is 1. The van der Waals surface area contributed by atoms with Gasteiger partial charge < -0.3 is 11.1 Å². The SMILES string of the molecule is CCCNc1nn(-c2cccc(F)c2)c(N)c1C#N. The highest BCUT2D eigenvalue weighted by Crippen LogP contribution is 2.24. The van der Waals surface area contributed by atoms with Crippen molar-refractivity contribution in [3.63, 3.8) is 0 Å². The lowest BCUT2D eigenvalue weighted by atomic mass is 10.3. The van der Waals surface area contributed by atoms with Gasteiger partial charge in [-0.15, -0.1) is 5.10 Å². The van der Waals surface area contributed by atoms with Crippen molar-refractivity contribution in [2.45, 2.75) is 13.3 Å². The fourth-order valence-corrected chi connectivity index (χ4v) is 1.71. The van der Waals surface area contributed by atoms with Crippen LogP contribution in [0.15, 0.2) is 24.3 Å². The van der Waals surface area contributed by atoms with Crippen LogP contribution in [0.3, 0.4) is 0 Å². The maximum absolute atomic E-state index is 13.2. The van der Waals surface area contributed by atoms with Crippen LogP contribution in [0.25, 0.3) is 5.69 Å². The minimum absolute atomic E-state index is 0.201. The van der Waals surface area contributed by atoms with Crippen LogP contribution in [0.5, 0.6) is 0 Å². The summed E-state index contributed by atoms with van der Waals surface area (Å²) in [5.41, 5.74) is 6.64. The van der Waals surface area contributed by atoms with E-state index in [0.29, 0.717) is 18.1 Å². The zero-order valence-corrected chi connectivity index (χ0v) is 10.5. The molecule has 0 saturated carbocycles. The molecule has 0 radical (unpaired) electrons. The van der Waals surface area contributed by atoms with Crippen LogP contribution in [0.4, 0.5) is 16.0 Å². The van der Waals surface area contributed by atoms with Crippen LogP contribution in [0, 0.1) is 17.1 Å². The number of hydrogen-bond acceptors (Lipinski definition) is 4. The van der Waals surface area contributed by atoms with Crippen molar-refractivity contribution in [3.05, 3.63) is 35.6 Å². The summed E-state index contributed by atoms with van der Waals surface area (Å²) < 4.78 is 14.6. The predicted octanol–water partition coefficient (Wildman–Crippen LogP) is 2.29. The monoisotopic (exact) mass is 259 g/mol. The second kappa shape index (κ2) is 5.40. The summed E-state index contributed by atoms with van der Waals surface area (Å²) in [6.07, 6.45) is 0.900. The van der Waals surface area contributed by atoms with E-state index in [4.69, 9.17) is 11.0 Å². The van der Waals surface area contributed by atoms with Crippen molar-refractivity contribution in [3.8, 4) is 11.8 Å². The van der Waals surface area contributed by atoms with Crippen molar-refractivity contribution in [2.75, 3.05) is 17.6 Å². The quantitative estimate of drug-likeness (QED) is 0.882. The molecule has 1 aromatic heterocycles. The maximum atomic E-state index is 13.2. The smallest absolute Gasteiger partial charge is 0.168 e. The van der Waals surface area contributed by atoms with E-state index in [1.807, 2.05) is 13.0 Å². The lowest BCUT2D eigenvalue weighted by Gasteiger charge is -2.03. The summed E-state index contributed by atoms with van der Waals surface area (Å²) in [4.78, 5) is 0. The maximum Gasteiger partial charge on any atom is 0.168 e. The average Bonchev–Trinajstić information content (AvgIpc) is 2.72. The van der Waals surface area contributed by atoms with Crippen molar-refractivity contribution >= 4 is 11.6 Å². The molecule has 1 aromatic carbocycles. The zero-order chi connectivity index (χ0) is 13.8. The third-order valence-corrected chi connectivity index (χ3v) is 2.63. The highest BCUT2D eigenvalue weighted by atomic mass is 19.1. The molecular formula is C13H14FN5. The second-order valence-electron chi connectivity index (χ2n) is 4.04. The molecule has 98 valence electrons. The first-order valence-electron chi connectivity index (χ1n) is 5.95. The molecule has 0 saturated heterocycles. The molecule has 3 N–H and O–H groups in total. The third-order valence-electron chi connectivity index (χ3n) is 2.63. The summed E-state index contributed by atoms with van der Waals surface area (Å²) in [6, 6.07) is 7.91. The summed E-state index contributed by atoms with van der Waals surface area (Å²) in [5.74, 6) is 0.242. The van der Waals surface area contributed by atoms with E-state index in [9.17, 15) is 4.39 Å². The molecule has 1 heterocycles. The van der Waals surface area contributed by atoms with Gasteiger partial charge in [0.1, 0.15) is 23.3 Å². The molecule has 0 aliphatic rings. The first-order valence-corrected chi connectivity index (χ1v) is 5.95. The van der Waals surface area contributed by atoms with Crippen molar-refractivity contribution < 1.29 is 4.39 Å². The van der Waals surface area contributed by atoms with Crippen LogP contribution >= 0.6 is 0 Å². The van der Waals surface area contributed by atoms with E-state index < -0.39 is 0 Å². The average molecular weight is 259 g/mol. The molecule has 5 nitrogen and oxygen atoms in total. The van der Waals surface area contributed by atoms with Gasteiger partial charge >= 0.3 is 0 Å². The van der Waals surface area contributed by atoms with Crippen molar-refractivity contribution in [1.82, 2.24) is 9.78 Å². The summed E-state index contributed by atoms with van der Waals surface area (Å²) in [7, 11) is 0. The van der Waals surface area contributed by atoms with Crippen LogP contribution < -0.4 is 11.1 Å². The highest BCUT2D eigenvalue weighted by molar-refractivity contribution is 5.66. The molecule has 0 aliphatic carbocycles. The first kappa shape index (κ1) is 12.9. The van der Waals surface area contributed by atoms with Gasteiger partial charge in [0.05, 0.1) is 5.69 Å². The van der Waals surface area contributed by atoms with Crippen LogP contribution in [-0.2, 0) is 0 Å². The standard InChI is InChI=1S/C13H14FN5/c1-2-6-17-13-11(8-15)12(16)19(18-13)10-5-3-4-9(14)7-10/h3-5,7H,2,6,16H2,1H3,(H,17,18).